The molecule has 0 saturated heterocycles. The average molecular weight is 554 g/mol. The van der Waals surface area contributed by atoms with Gasteiger partial charge in [0.25, 0.3) is 5.91 Å². The smallest absolute Gasteiger partial charge is 0.343 e. The van der Waals surface area contributed by atoms with E-state index in [1.807, 2.05) is 0 Å². The van der Waals surface area contributed by atoms with Crippen LogP contribution in [-0.4, -0.2) is 18.1 Å². The number of benzene rings is 4. The van der Waals surface area contributed by atoms with E-state index in [2.05, 4.69) is 10.5 Å². The highest BCUT2D eigenvalue weighted by atomic mass is 35.5. The lowest BCUT2D eigenvalue weighted by molar-refractivity contribution is 0.0734. The normalized spacial score (nSPS) is 10.8. The molecule has 4 aromatic rings. The van der Waals surface area contributed by atoms with Gasteiger partial charge in [-0.05, 0) is 84.4 Å². The van der Waals surface area contributed by atoms with Crippen LogP contribution in [0.2, 0.25) is 15.1 Å². The Hall–Kier alpha value is -3.84. The molecular weight excluding hydrogens is 535 g/mol. The number of hydrogen-bond donors (Lipinski definition) is 1. The molecule has 0 fully saturated rings. The minimum atomic E-state index is -0.513. The maximum Gasteiger partial charge on any atom is 0.343 e. The minimum Gasteiger partial charge on any atom is -0.489 e. The molecule has 0 unspecified atom stereocenters. The van der Waals surface area contributed by atoms with Gasteiger partial charge in [0, 0.05) is 26.2 Å². The Morgan fingerprint density at radius 3 is 2.19 bits per heavy atom. The lowest BCUT2D eigenvalue weighted by Crippen LogP contribution is -2.17. The van der Waals surface area contributed by atoms with Gasteiger partial charge >= 0.3 is 5.97 Å². The van der Waals surface area contributed by atoms with Crippen LogP contribution in [0.4, 0.5) is 0 Å². The Bertz CT molecular complexity index is 1440. The fourth-order valence-corrected chi connectivity index (χ4v) is 3.79. The largest absolute Gasteiger partial charge is 0.489 e. The molecule has 37 heavy (non-hydrogen) atoms. The number of ether oxygens (including phenoxy) is 2. The standard InChI is InChI=1S/C28H19Cl3N2O4/c29-22-3-1-2-20(14-22)28(35)37-25-10-4-18(5-11-25)16-32-33-27(34)19-7-12-24(13-8-19)36-17-21-6-9-23(30)15-26(21)31/h1-16H,17H2,(H,33,34)/b32-16-. The molecule has 0 aromatic heterocycles. The van der Waals surface area contributed by atoms with Gasteiger partial charge in [0.05, 0.1) is 11.8 Å². The van der Waals surface area contributed by atoms with Crippen molar-refractivity contribution < 1.29 is 19.1 Å². The summed E-state index contributed by atoms with van der Waals surface area (Å²) in [6.45, 7) is 0.268. The molecule has 1 N–H and O–H groups in total. The van der Waals surface area contributed by atoms with E-state index in [1.54, 1.807) is 84.9 Å². The summed E-state index contributed by atoms with van der Waals surface area (Å²) >= 11 is 18.0. The monoisotopic (exact) mass is 552 g/mol. The van der Waals surface area contributed by atoms with E-state index in [-0.39, 0.29) is 12.5 Å². The first-order valence-corrected chi connectivity index (χ1v) is 12.1. The van der Waals surface area contributed by atoms with Crippen LogP contribution < -0.4 is 14.9 Å². The summed E-state index contributed by atoms with van der Waals surface area (Å²) in [7, 11) is 0. The Labute approximate surface area is 228 Å². The number of hydrazone groups is 1. The summed E-state index contributed by atoms with van der Waals surface area (Å²) in [4.78, 5) is 24.6. The van der Waals surface area contributed by atoms with E-state index in [9.17, 15) is 9.59 Å². The zero-order chi connectivity index (χ0) is 26.2. The third-order valence-electron chi connectivity index (χ3n) is 5.06. The molecule has 0 radical (unpaired) electrons. The molecule has 4 rings (SSSR count). The summed E-state index contributed by atoms with van der Waals surface area (Å²) in [6.07, 6.45) is 1.48. The number of carbonyl (C=O) groups excluding carboxylic acids is 2. The van der Waals surface area contributed by atoms with E-state index in [0.717, 1.165) is 5.56 Å². The number of amides is 1. The second kappa shape index (κ2) is 12.4. The molecule has 9 heteroatoms. The van der Waals surface area contributed by atoms with Gasteiger partial charge in [-0.25, -0.2) is 10.2 Å². The van der Waals surface area contributed by atoms with E-state index in [4.69, 9.17) is 44.3 Å². The van der Waals surface area contributed by atoms with Crippen molar-refractivity contribution in [2.24, 2.45) is 5.10 Å². The molecule has 4 aromatic carbocycles. The van der Waals surface area contributed by atoms with E-state index in [1.165, 1.54) is 12.3 Å². The van der Waals surface area contributed by atoms with Crippen molar-refractivity contribution in [3.8, 4) is 11.5 Å². The lowest BCUT2D eigenvalue weighted by atomic mass is 10.2. The summed E-state index contributed by atoms with van der Waals surface area (Å²) in [6, 6.07) is 25.0. The Kier molecular flexibility index (Phi) is 8.80. The maximum atomic E-state index is 12.4. The van der Waals surface area contributed by atoms with Crippen LogP contribution in [0.1, 0.15) is 31.8 Å². The highest BCUT2D eigenvalue weighted by Gasteiger charge is 2.09. The van der Waals surface area contributed by atoms with Crippen LogP contribution in [0.25, 0.3) is 0 Å². The van der Waals surface area contributed by atoms with Gasteiger partial charge in [-0.2, -0.15) is 5.10 Å². The van der Waals surface area contributed by atoms with Gasteiger partial charge in [0.1, 0.15) is 18.1 Å². The molecule has 0 atom stereocenters. The minimum absolute atomic E-state index is 0.268. The van der Waals surface area contributed by atoms with Crippen LogP contribution in [-0.2, 0) is 6.61 Å². The highest BCUT2D eigenvalue weighted by Crippen LogP contribution is 2.23. The van der Waals surface area contributed by atoms with Crippen LogP contribution in [0, 0.1) is 0 Å². The second-order valence-electron chi connectivity index (χ2n) is 7.72. The topological polar surface area (TPSA) is 77.0 Å². The Balaban J connectivity index is 1.26. The molecule has 0 saturated carbocycles. The van der Waals surface area contributed by atoms with E-state index >= 15 is 0 Å². The molecule has 6 nitrogen and oxygen atoms in total. The number of rotatable bonds is 8. The molecule has 0 aliphatic carbocycles. The predicted octanol–water partition coefficient (Wildman–Crippen LogP) is 7.21. The maximum absolute atomic E-state index is 12.4. The van der Waals surface area contributed by atoms with Crippen LogP contribution >= 0.6 is 34.8 Å². The Morgan fingerprint density at radius 1 is 0.784 bits per heavy atom. The van der Waals surface area contributed by atoms with Crippen molar-refractivity contribution in [3.63, 3.8) is 0 Å². The lowest BCUT2D eigenvalue weighted by Gasteiger charge is -2.08. The number of nitrogens with one attached hydrogen (secondary N) is 1. The van der Waals surface area contributed by atoms with Crippen molar-refractivity contribution in [2.75, 3.05) is 0 Å². The molecule has 0 heterocycles. The van der Waals surface area contributed by atoms with Gasteiger partial charge in [0.2, 0.25) is 0 Å². The van der Waals surface area contributed by atoms with Crippen LogP contribution in [0.3, 0.4) is 0 Å². The SMILES string of the molecule is O=C(N/N=C\c1ccc(OC(=O)c2cccc(Cl)c2)cc1)c1ccc(OCc2ccc(Cl)cc2Cl)cc1. The highest BCUT2D eigenvalue weighted by molar-refractivity contribution is 6.35. The van der Waals surface area contributed by atoms with Crippen LogP contribution in [0.5, 0.6) is 11.5 Å². The number of hydrogen-bond acceptors (Lipinski definition) is 5. The first-order valence-electron chi connectivity index (χ1n) is 11.0. The van der Waals surface area contributed by atoms with Gasteiger partial charge in [0.15, 0.2) is 0 Å². The first-order chi connectivity index (χ1) is 17.9. The van der Waals surface area contributed by atoms with Gasteiger partial charge in [-0.3, -0.25) is 4.79 Å². The van der Waals surface area contributed by atoms with Crippen molar-refractivity contribution in [1.29, 1.82) is 0 Å². The average Bonchev–Trinajstić information content (AvgIpc) is 2.89. The number of nitrogens with zero attached hydrogens (tertiary/aromatic N) is 1. The first kappa shape index (κ1) is 26.2. The van der Waals surface area contributed by atoms with Crippen molar-refractivity contribution >= 4 is 52.9 Å². The Morgan fingerprint density at radius 2 is 1.49 bits per heavy atom. The molecule has 0 bridgehead atoms. The van der Waals surface area contributed by atoms with Crippen molar-refractivity contribution in [1.82, 2.24) is 5.43 Å². The van der Waals surface area contributed by atoms with Gasteiger partial charge in [-0.15, -0.1) is 0 Å². The van der Waals surface area contributed by atoms with E-state index in [0.29, 0.717) is 43.3 Å². The molecular formula is C28H19Cl3N2O4. The van der Waals surface area contributed by atoms with Crippen molar-refractivity contribution in [2.45, 2.75) is 6.61 Å². The summed E-state index contributed by atoms with van der Waals surface area (Å²) in [5.74, 6) is 0.0611. The zero-order valence-electron chi connectivity index (χ0n) is 19.2. The summed E-state index contributed by atoms with van der Waals surface area (Å²) < 4.78 is 11.1. The number of halogens is 3. The number of carbonyl (C=O) groups is 2. The van der Waals surface area contributed by atoms with Crippen molar-refractivity contribution in [3.05, 3.63) is 128 Å². The zero-order valence-corrected chi connectivity index (χ0v) is 21.4. The summed E-state index contributed by atoms with van der Waals surface area (Å²) in [5, 5.41) is 5.51. The fourth-order valence-electron chi connectivity index (χ4n) is 3.14. The molecule has 0 aliphatic heterocycles. The van der Waals surface area contributed by atoms with Gasteiger partial charge in [-0.1, -0.05) is 46.9 Å². The second-order valence-corrected chi connectivity index (χ2v) is 9.00. The third kappa shape index (κ3) is 7.57. The quantitative estimate of drug-likeness (QED) is 0.108. The number of esters is 1. The fraction of sp³-hybridized carbons (Fsp3) is 0.0357. The summed E-state index contributed by atoms with van der Waals surface area (Å²) in [5.41, 5.74) is 4.74. The third-order valence-corrected chi connectivity index (χ3v) is 5.88. The molecule has 0 spiro atoms. The van der Waals surface area contributed by atoms with E-state index < -0.39 is 5.97 Å². The van der Waals surface area contributed by atoms with Crippen LogP contribution in [0.15, 0.2) is 96.1 Å². The molecule has 186 valence electrons. The molecule has 1 amide bonds. The van der Waals surface area contributed by atoms with Gasteiger partial charge < -0.3 is 9.47 Å². The molecule has 0 aliphatic rings. The predicted molar refractivity (Wildman–Crippen MR) is 145 cm³/mol.